The lowest BCUT2D eigenvalue weighted by Gasteiger charge is -2.19. The molecule has 0 atom stereocenters. The number of ketones is 1. The first kappa shape index (κ1) is 15.4. The predicted molar refractivity (Wildman–Crippen MR) is 76.3 cm³/mol. The zero-order valence-electron chi connectivity index (χ0n) is 11.9. The SMILES string of the molecule is CCCN(CC(=O)NC)CC(=O)c1ccc(C)cc1. The van der Waals surface area contributed by atoms with E-state index in [-0.39, 0.29) is 24.8 Å². The molecule has 4 heteroatoms. The van der Waals surface area contributed by atoms with E-state index in [1.54, 1.807) is 7.05 Å². The molecule has 0 spiro atoms. The Morgan fingerprint density at radius 1 is 1.16 bits per heavy atom. The summed E-state index contributed by atoms with van der Waals surface area (Å²) in [5.41, 5.74) is 1.83. The molecule has 104 valence electrons. The quantitative estimate of drug-likeness (QED) is 0.760. The fourth-order valence-corrected chi connectivity index (χ4v) is 1.85. The maximum atomic E-state index is 12.1. The highest BCUT2D eigenvalue weighted by molar-refractivity contribution is 5.97. The van der Waals surface area contributed by atoms with Gasteiger partial charge in [-0.15, -0.1) is 0 Å². The number of aryl methyl sites for hydroxylation is 1. The molecular weight excluding hydrogens is 240 g/mol. The van der Waals surface area contributed by atoms with Crippen LogP contribution in [0.5, 0.6) is 0 Å². The average molecular weight is 262 g/mol. The smallest absolute Gasteiger partial charge is 0.233 e. The van der Waals surface area contributed by atoms with Gasteiger partial charge in [0.2, 0.25) is 5.91 Å². The van der Waals surface area contributed by atoms with Gasteiger partial charge in [0.25, 0.3) is 0 Å². The summed E-state index contributed by atoms with van der Waals surface area (Å²) in [6.07, 6.45) is 0.915. The summed E-state index contributed by atoms with van der Waals surface area (Å²) in [4.78, 5) is 25.4. The van der Waals surface area contributed by atoms with Crippen LogP contribution < -0.4 is 5.32 Å². The molecule has 0 saturated heterocycles. The van der Waals surface area contributed by atoms with Crippen LogP contribution in [0.2, 0.25) is 0 Å². The van der Waals surface area contributed by atoms with Crippen LogP contribution in [-0.4, -0.2) is 43.3 Å². The number of amides is 1. The molecule has 1 rings (SSSR count). The van der Waals surface area contributed by atoms with Crippen molar-refractivity contribution in [2.75, 3.05) is 26.7 Å². The summed E-state index contributed by atoms with van der Waals surface area (Å²) in [5, 5.41) is 2.58. The third-order valence-electron chi connectivity index (χ3n) is 2.93. The fraction of sp³-hybridized carbons (Fsp3) is 0.467. The highest BCUT2D eigenvalue weighted by atomic mass is 16.2. The standard InChI is InChI=1S/C15H22N2O2/c1-4-9-17(11-15(19)16-3)10-14(18)13-7-5-12(2)6-8-13/h5-8H,4,9-11H2,1-3H3,(H,16,19). The van der Waals surface area contributed by atoms with Crippen LogP contribution in [0.15, 0.2) is 24.3 Å². The Bertz CT molecular complexity index is 426. The van der Waals surface area contributed by atoms with Crippen molar-refractivity contribution >= 4 is 11.7 Å². The average Bonchev–Trinajstić information content (AvgIpc) is 2.39. The number of rotatable bonds is 7. The van der Waals surface area contributed by atoms with Crippen LogP contribution in [0.1, 0.15) is 29.3 Å². The Morgan fingerprint density at radius 2 is 1.79 bits per heavy atom. The number of hydrogen-bond donors (Lipinski definition) is 1. The molecule has 1 aromatic carbocycles. The maximum Gasteiger partial charge on any atom is 0.233 e. The summed E-state index contributed by atoms with van der Waals surface area (Å²) in [7, 11) is 1.61. The normalized spacial score (nSPS) is 10.5. The number of carbonyl (C=O) groups excluding carboxylic acids is 2. The van der Waals surface area contributed by atoms with Gasteiger partial charge in [0.15, 0.2) is 5.78 Å². The Hall–Kier alpha value is -1.68. The molecule has 0 heterocycles. The number of Topliss-reactive ketones (excluding diaryl/α,β-unsaturated/α-hetero) is 1. The minimum absolute atomic E-state index is 0.0531. The van der Waals surface area contributed by atoms with Crippen molar-refractivity contribution in [3.63, 3.8) is 0 Å². The van der Waals surface area contributed by atoms with Gasteiger partial charge in [-0.25, -0.2) is 0 Å². The Balaban J connectivity index is 2.65. The molecule has 1 N–H and O–H groups in total. The second-order valence-electron chi connectivity index (χ2n) is 4.67. The number of nitrogens with one attached hydrogen (secondary N) is 1. The minimum Gasteiger partial charge on any atom is -0.358 e. The van der Waals surface area contributed by atoms with Crippen molar-refractivity contribution in [2.45, 2.75) is 20.3 Å². The van der Waals surface area contributed by atoms with Crippen molar-refractivity contribution in [2.24, 2.45) is 0 Å². The molecule has 0 aliphatic heterocycles. The number of nitrogens with zero attached hydrogens (tertiary/aromatic N) is 1. The maximum absolute atomic E-state index is 12.1. The number of carbonyl (C=O) groups is 2. The number of hydrogen-bond acceptors (Lipinski definition) is 3. The van der Waals surface area contributed by atoms with Crippen LogP contribution >= 0.6 is 0 Å². The van der Waals surface area contributed by atoms with E-state index in [4.69, 9.17) is 0 Å². The van der Waals surface area contributed by atoms with E-state index in [1.807, 2.05) is 43.0 Å². The molecule has 0 saturated carbocycles. The third kappa shape index (κ3) is 5.22. The second-order valence-corrected chi connectivity index (χ2v) is 4.67. The molecule has 0 aliphatic carbocycles. The Kier molecular flexibility index (Phi) is 6.22. The van der Waals surface area contributed by atoms with Gasteiger partial charge in [-0.2, -0.15) is 0 Å². The van der Waals surface area contributed by atoms with Gasteiger partial charge < -0.3 is 5.32 Å². The van der Waals surface area contributed by atoms with Crippen molar-refractivity contribution in [1.29, 1.82) is 0 Å². The van der Waals surface area contributed by atoms with E-state index in [0.29, 0.717) is 5.56 Å². The zero-order chi connectivity index (χ0) is 14.3. The van der Waals surface area contributed by atoms with E-state index in [9.17, 15) is 9.59 Å². The highest BCUT2D eigenvalue weighted by Gasteiger charge is 2.14. The van der Waals surface area contributed by atoms with Crippen molar-refractivity contribution in [3.8, 4) is 0 Å². The number of likely N-dealkylation sites (N-methyl/N-ethyl adjacent to an activating group) is 1. The summed E-state index contributed by atoms with van der Waals surface area (Å²) < 4.78 is 0. The molecule has 4 nitrogen and oxygen atoms in total. The van der Waals surface area contributed by atoms with Crippen LogP contribution in [0.4, 0.5) is 0 Å². The lowest BCUT2D eigenvalue weighted by molar-refractivity contribution is -0.121. The van der Waals surface area contributed by atoms with Gasteiger partial charge in [-0.05, 0) is 19.9 Å². The van der Waals surface area contributed by atoms with Crippen molar-refractivity contribution in [1.82, 2.24) is 10.2 Å². The first-order valence-electron chi connectivity index (χ1n) is 6.59. The van der Waals surface area contributed by atoms with E-state index in [2.05, 4.69) is 5.32 Å². The summed E-state index contributed by atoms with van der Waals surface area (Å²) >= 11 is 0. The van der Waals surface area contributed by atoms with E-state index < -0.39 is 0 Å². The van der Waals surface area contributed by atoms with Gasteiger partial charge in [-0.1, -0.05) is 36.8 Å². The van der Waals surface area contributed by atoms with Gasteiger partial charge in [0.05, 0.1) is 13.1 Å². The molecular formula is C15H22N2O2. The molecule has 19 heavy (non-hydrogen) atoms. The van der Waals surface area contributed by atoms with Crippen LogP contribution in [0.3, 0.4) is 0 Å². The van der Waals surface area contributed by atoms with E-state index >= 15 is 0 Å². The minimum atomic E-state index is -0.0647. The molecule has 0 unspecified atom stereocenters. The monoisotopic (exact) mass is 262 g/mol. The first-order valence-corrected chi connectivity index (χ1v) is 6.59. The summed E-state index contributed by atoms with van der Waals surface area (Å²) in [6, 6.07) is 7.52. The highest BCUT2D eigenvalue weighted by Crippen LogP contribution is 2.05. The topological polar surface area (TPSA) is 49.4 Å². The van der Waals surface area contributed by atoms with E-state index in [1.165, 1.54) is 0 Å². The van der Waals surface area contributed by atoms with Gasteiger partial charge in [0.1, 0.15) is 0 Å². The van der Waals surface area contributed by atoms with Crippen LogP contribution in [0, 0.1) is 6.92 Å². The second kappa shape index (κ2) is 7.69. The molecule has 0 aromatic heterocycles. The van der Waals surface area contributed by atoms with E-state index in [0.717, 1.165) is 18.5 Å². The first-order chi connectivity index (χ1) is 9.06. The number of benzene rings is 1. The third-order valence-corrected chi connectivity index (χ3v) is 2.93. The fourth-order valence-electron chi connectivity index (χ4n) is 1.85. The molecule has 1 amide bonds. The van der Waals surface area contributed by atoms with Crippen LogP contribution in [0.25, 0.3) is 0 Å². The predicted octanol–water partition coefficient (Wildman–Crippen LogP) is 1.64. The molecule has 0 fully saturated rings. The molecule has 0 radical (unpaired) electrons. The largest absolute Gasteiger partial charge is 0.358 e. The van der Waals surface area contributed by atoms with Crippen molar-refractivity contribution in [3.05, 3.63) is 35.4 Å². The molecule has 0 aliphatic rings. The lowest BCUT2D eigenvalue weighted by Crippen LogP contribution is -2.39. The van der Waals surface area contributed by atoms with Gasteiger partial charge in [0, 0.05) is 12.6 Å². The molecule has 0 bridgehead atoms. The summed E-state index contributed by atoms with van der Waals surface area (Å²) in [6.45, 7) is 5.31. The Morgan fingerprint density at radius 3 is 2.32 bits per heavy atom. The lowest BCUT2D eigenvalue weighted by atomic mass is 10.1. The van der Waals surface area contributed by atoms with Crippen LogP contribution in [-0.2, 0) is 4.79 Å². The van der Waals surface area contributed by atoms with Gasteiger partial charge >= 0.3 is 0 Å². The summed E-state index contributed by atoms with van der Waals surface area (Å²) in [5.74, 6) is -0.0116. The molecule has 1 aromatic rings. The zero-order valence-corrected chi connectivity index (χ0v) is 11.9. The van der Waals surface area contributed by atoms with Crippen molar-refractivity contribution < 1.29 is 9.59 Å². The van der Waals surface area contributed by atoms with Gasteiger partial charge in [-0.3, -0.25) is 14.5 Å². The Labute approximate surface area is 114 Å².